The van der Waals surface area contributed by atoms with Crippen LogP contribution in [0.25, 0.3) is 0 Å². The lowest BCUT2D eigenvalue weighted by molar-refractivity contribution is 0.348. The molecule has 96 valence electrons. The van der Waals surface area contributed by atoms with E-state index in [-0.39, 0.29) is 5.54 Å². The van der Waals surface area contributed by atoms with Crippen molar-refractivity contribution in [3.63, 3.8) is 0 Å². The summed E-state index contributed by atoms with van der Waals surface area (Å²) in [5.41, 5.74) is 7.95. The third kappa shape index (κ3) is 3.36. The van der Waals surface area contributed by atoms with Gasteiger partial charge >= 0.3 is 0 Å². The van der Waals surface area contributed by atoms with Crippen LogP contribution in [0.5, 0.6) is 11.5 Å². The molecule has 0 spiro atoms. The smallest absolute Gasteiger partial charge is 0.165 e. The van der Waals surface area contributed by atoms with Crippen molar-refractivity contribution in [3.05, 3.63) is 21.7 Å². The molecule has 0 aliphatic heterocycles. The standard InChI is InChI=1S/C13H20BrNO2/c1-8-6-10(16-4)12(17-5)9(11(8)14)7-13(2,3)15/h6H,7,15H2,1-5H3. The number of ether oxygens (including phenoxy) is 2. The predicted molar refractivity (Wildman–Crippen MR) is 74.0 cm³/mol. The Kier molecular flexibility index (Phi) is 4.44. The fourth-order valence-electron chi connectivity index (χ4n) is 1.80. The van der Waals surface area contributed by atoms with Crippen molar-refractivity contribution in [3.8, 4) is 11.5 Å². The van der Waals surface area contributed by atoms with Gasteiger partial charge < -0.3 is 15.2 Å². The van der Waals surface area contributed by atoms with Crippen LogP contribution in [0.3, 0.4) is 0 Å². The maximum atomic E-state index is 6.08. The number of aryl methyl sites for hydroxylation is 1. The quantitative estimate of drug-likeness (QED) is 0.929. The van der Waals surface area contributed by atoms with Gasteiger partial charge in [0.05, 0.1) is 14.2 Å². The van der Waals surface area contributed by atoms with Gasteiger partial charge in [-0.25, -0.2) is 0 Å². The van der Waals surface area contributed by atoms with Crippen molar-refractivity contribution >= 4 is 15.9 Å². The maximum Gasteiger partial charge on any atom is 0.165 e. The van der Waals surface area contributed by atoms with E-state index in [1.807, 2.05) is 26.8 Å². The average Bonchev–Trinajstić information content (AvgIpc) is 2.22. The molecule has 0 heterocycles. The SMILES string of the molecule is COc1cc(C)c(Br)c(CC(C)(C)N)c1OC. The van der Waals surface area contributed by atoms with Gasteiger partial charge in [0, 0.05) is 15.6 Å². The number of benzene rings is 1. The van der Waals surface area contributed by atoms with Gasteiger partial charge in [-0.05, 0) is 38.8 Å². The first-order chi connectivity index (χ1) is 7.80. The second-order valence-electron chi connectivity index (χ2n) is 4.89. The second kappa shape index (κ2) is 5.27. The van der Waals surface area contributed by atoms with Crippen LogP contribution in [0, 0.1) is 6.92 Å². The van der Waals surface area contributed by atoms with E-state index < -0.39 is 0 Å². The summed E-state index contributed by atoms with van der Waals surface area (Å²) in [7, 11) is 3.29. The zero-order valence-corrected chi connectivity index (χ0v) is 12.6. The Balaban J connectivity index is 3.38. The molecule has 3 nitrogen and oxygen atoms in total. The van der Waals surface area contributed by atoms with Crippen molar-refractivity contribution in [2.24, 2.45) is 5.73 Å². The van der Waals surface area contributed by atoms with Crippen molar-refractivity contribution in [2.75, 3.05) is 14.2 Å². The van der Waals surface area contributed by atoms with E-state index in [0.717, 1.165) is 33.5 Å². The Labute approximate surface area is 111 Å². The minimum absolute atomic E-state index is 0.297. The van der Waals surface area contributed by atoms with E-state index >= 15 is 0 Å². The Hall–Kier alpha value is -0.740. The lowest BCUT2D eigenvalue weighted by Crippen LogP contribution is -2.34. The van der Waals surface area contributed by atoms with Gasteiger partial charge in [0.25, 0.3) is 0 Å². The summed E-state index contributed by atoms with van der Waals surface area (Å²) in [6.45, 7) is 6.01. The Morgan fingerprint density at radius 1 is 1.29 bits per heavy atom. The molecule has 0 aromatic heterocycles. The van der Waals surface area contributed by atoms with Gasteiger partial charge in [-0.15, -0.1) is 0 Å². The van der Waals surface area contributed by atoms with E-state index in [1.54, 1.807) is 14.2 Å². The molecule has 17 heavy (non-hydrogen) atoms. The Morgan fingerprint density at radius 3 is 2.29 bits per heavy atom. The zero-order valence-electron chi connectivity index (χ0n) is 11.1. The zero-order chi connectivity index (χ0) is 13.2. The third-order valence-corrected chi connectivity index (χ3v) is 3.62. The predicted octanol–water partition coefficient (Wildman–Crippen LogP) is 3.05. The van der Waals surface area contributed by atoms with Gasteiger partial charge in [0.15, 0.2) is 11.5 Å². The first kappa shape index (κ1) is 14.3. The third-order valence-electron chi connectivity index (χ3n) is 2.51. The molecule has 0 radical (unpaired) electrons. The first-order valence-corrected chi connectivity index (χ1v) is 6.28. The monoisotopic (exact) mass is 301 g/mol. The highest BCUT2D eigenvalue weighted by atomic mass is 79.9. The van der Waals surface area contributed by atoms with Crippen LogP contribution in [-0.2, 0) is 6.42 Å². The van der Waals surface area contributed by atoms with Crippen LogP contribution >= 0.6 is 15.9 Å². The van der Waals surface area contributed by atoms with Crippen LogP contribution in [0.4, 0.5) is 0 Å². The van der Waals surface area contributed by atoms with Crippen LogP contribution in [-0.4, -0.2) is 19.8 Å². The van der Waals surface area contributed by atoms with E-state index in [4.69, 9.17) is 15.2 Å². The summed E-state index contributed by atoms with van der Waals surface area (Å²) in [6.07, 6.45) is 0.717. The lowest BCUT2D eigenvalue weighted by atomic mass is 9.94. The van der Waals surface area contributed by atoms with E-state index in [0.29, 0.717) is 0 Å². The second-order valence-corrected chi connectivity index (χ2v) is 5.68. The Morgan fingerprint density at radius 2 is 1.88 bits per heavy atom. The summed E-state index contributed by atoms with van der Waals surface area (Å²) in [6, 6.07) is 1.95. The minimum Gasteiger partial charge on any atom is -0.493 e. The summed E-state index contributed by atoms with van der Waals surface area (Å²) >= 11 is 3.60. The lowest BCUT2D eigenvalue weighted by Gasteiger charge is -2.23. The molecule has 4 heteroatoms. The average molecular weight is 302 g/mol. The molecule has 0 atom stereocenters. The van der Waals surface area contributed by atoms with Crippen molar-refractivity contribution in [1.82, 2.24) is 0 Å². The molecule has 0 aliphatic carbocycles. The van der Waals surface area contributed by atoms with Gasteiger partial charge in [-0.3, -0.25) is 0 Å². The number of hydrogen-bond acceptors (Lipinski definition) is 3. The van der Waals surface area contributed by atoms with Gasteiger partial charge in [0.1, 0.15) is 0 Å². The van der Waals surface area contributed by atoms with E-state index in [1.165, 1.54) is 0 Å². The number of nitrogens with two attached hydrogens (primary N) is 1. The molecule has 0 unspecified atom stereocenters. The maximum absolute atomic E-state index is 6.08. The van der Waals surface area contributed by atoms with Gasteiger partial charge in [-0.1, -0.05) is 15.9 Å². The molecule has 2 N–H and O–H groups in total. The topological polar surface area (TPSA) is 44.5 Å². The molecule has 0 saturated heterocycles. The largest absolute Gasteiger partial charge is 0.493 e. The molecule has 0 bridgehead atoms. The number of methoxy groups -OCH3 is 2. The molecule has 0 aliphatic rings. The molecular formula is C13H20BrNO2. The summed E-state index contributed by atoms with van der Waals surface area (Å²) in [5.74, 6) is 1.50. The first-order valence-electron chi connectivity index (χ1n) is 5.49. The molecule has 0 amide bonds. The fraction of sp³-hybridized carbons (Fsp3) is 0.538. The fourth-order valence-corrected chi connectivity index (χ4v) is 2.24. The van der Waals surface area contributed by atoms with Crippen LogP contribution < -0.4 is 15.2 Å². The van der Waals surface area contributed by atoms with Crippen molar-refractivity contribution in [2.45, 2.75) is 32.7 Å². The van der Waals surface area contributed by atoms with Crippen LogP contribution in [0.15, 0.2) is 10.5 Å². The van der Waals surface area contributed by atoms with E-state index in [2.05, 4.69) is 15.9 Å². The van der Waals surface area contributed by atoms with Crippen LogP contribution in [0.1, 0.15) is 25.0 Å². The van der Waals surface area contributed by atoms with Gasteiger partial charge in [0.2, 0.25) is 0 Å². The van der Waals surface area contributed by atoms with Crippen molar-refractivity contribution in [1.29, 1.82) is 0 Å². The number of halogens is 1. The summed E-state index contributed by atoms with van der Waals surface area (Å²) in [4.78, 5) is 0. The van der Waals surface area contributed by atoms with Gasteiger partial charge in [-0.2, -0.15) is 0 Å². The van der Waals surface area contributed by atoms with Crippen molar-refractivity contribution < 1.29 is 9.47 Å². The van der Waals surface area contributed by atoms with E-state index in [9.17, 15) is 0 Å². The summed E-state index contributed by atoms with van der Waals surface area (Å²) in [5, 5.41) is 0. The highest BCUT2D eigenvalue weighted by Crippen LogP contribution is 2.39. The molecule has 1 aromatic carbocycles. The summed E-state index contributed by atoms with van der Waals surface area (Å²) < 4.78 is 11.8. The molecule has 1 rings (SSSR count). The molecule has 1 aromatic rings. The highest BCUT2D eigenvalue weighted by molar-refractivity contribution is 9.10. The number of hydrogen-bond donors (Lipinski definition) is 1. The molecule has 0 saturated carbocycles. The minimum atomic E-state index is -0.297. The highest BCUT2D eigenvalue weighted by Gasteiger charge is 2.21. The molecule has 0 fully saturated rings. The molecular weight excluding hydrogens is 282 g/mol. The normalized spacial score (nSPS) is 11.5. The van der Waals surface area contributed by atoms with Crippen LogP contribution in [0.2, 0.25) is 0 Å². The Bertz CT molecular complexity index is 411. The number of rotatable bonds is 4.